The van der Waals surface area contributed by atoms with Gasteiger partial charge >= 0.3 is 6.03 Å². The Kier molecular flexibility index (Phi) is 6.29. The number of nitriles is 1. The minimum Gasteiger partial charge on any atom is -0.351 e. The Morgan fingerprint density at radius 2 is 1.90 bits per heavy atom. The Hall–Kier alpha value is -3.18. The number of nitrogens with one attached hydrogen (secondary N) is 2. The van der Waals surface area contributed by atoms with E-state index >= 15 is 0 Å². The molecular weight excluding hydrogens is 366 g/mol. The standard InChI is InChI=1S/C21H27N7O/c1-14(2)15-5-7-16(8-6-15)23-21(29)24-18-12-28(13-19(18)27(3)4)20-10-9-17(11-22)25-26-20/h5-10,14,18-19H,12-13H2,1-4H3,(H2,23,24,29)/t18-,19-/m1/s1. The van der Waals surface area contributed by atoms with E-state index in [9.17, 15) is 4.79 Å². The van der Waals surface area contributed by atoms with Crippen molar-refractivity contribution in [2.75, 3.05) is 37.4 Å². The minimum absolute atomic E-state index is 0.0719. The number of hydrogen-bond acceptors (Lipinski definition) is 6. The lowest BCUT2D eigenvalue weighted by Crippen LogP contribution is -2.49. The molecule has 152 valence electrons. The number of benzene rings is 1. The van der Waals surface area contributed by atoms with Gasteiger partial charge in [-0.15, -0.1) is 10.2 Å². The molecule has 0 saturated carbocycles. The van der Waals surface area contributed by atoms with Crippen molar-refractivity contribution in [2.45, 2.75) is 31.8 Å². The lowest BCUT2D eigenvalue weighted by atomic mass is 10.0. The molecule has 0 aliphatic carbocycles. The zero-order valence-corrected chi connectivity index (χ0v) is 17.3. The Labute approximate surface area is 171 Å². The second kappa shape index (κ2) is 8.88. The normalized spacial score (nSPS) is 18.7. The van der Waals surface area contributed by atoms with E-state index in [0.717, 1.165) is 5.69 Å². The highest BCUT2D eigenvalue weighted by molar-refractivity contribution is 5.89. The van der Waals surface area contributed by atoms with E-state index in [1.54, 1.807) is 12.1 Å². The first-order chi connectivity index (χ1) is 13.9. The SMILES string of the molecule is CC(C)c1ccc(NC(=O)N[C@@H]2CN(c3ccc(C#N)nn3)C[C@H]2N(C)C)cc1. The molecule has 8 nitrogen and oxygen atoms in total. The number of rotatable bonds is 5. The maximum absolute atomic E-state index is 12.6. The number of urea groups is 1. The van der Waals surface area contributed by atoms with Gasteiger partial charge in [0.1, 0.15) is 6.07 Å². The molecule has 2 aromatic rings. The van der Waals surface area contributed by atoms with Crippen LogP contribution in [0.5, 0.6) is 0 Å². The predicted octanol–water partition coefficient (Wildman–Crippen LogP) is 2.41. The quantitative estimate of drug-likeness (QED) is 0.810. The van der Waals surface area contributed by atoms with Gasteiger partial charge in [-0.05, 0) is 49.8 Å². The number of anilines is 2. The van der Waals surface area contributed by atoms with Crippen molar-refractivity contribution in [1.82, 2.24) is 20.4 Å². The van der Waals surface area contributed by atoms with Crippen LogP contribution in [0.2, 0.25) is 0 Å². The summed E-state index contributed by atoms with van der Waals surface area (Å²) in [6.07, 6.45) is 0. The van der Waals surface area contributed by atoms with E-state index in [1.165, 1.54) is 5.56 Å². The molecule has 2 amide bonds. The van der Waals surface area contributed by atoms with Gasteiger partial charge < -0.3 is 20.4 Å². The summed E-state index contributed by atoms with van der Waals surface area (Å²) in [4.78, 5) is 16.7. The number of amides is 2. The van der Waals surface area contributed by atoms with E-state index in [2.05, 4.69) is 44.5 Å². The smallest absolute Gasteiger partial charge is 0.319 e. The van der Waals surface area contributed by atoms with Crippen LogP contribution in [-0.2, 0) is 0 Å². The van der Waals surface area contributed by atoms with Crippen molar-refractivity contribution in [3.63, 3.8) is 0 Å². The third-order valence-electron chi connectivity index (χ3n) is 5.19. The van der Waals surface area contributed by atoms with E-state index in [-0.39, 0.29) is 23.8 Å². The number of likely N-dealkylation sites (N-methyl/N-ethyl adjacent to an activating group) is 1. The Balaban J connectivity index is 1.64. The second-order valence-electron chi connectivity index (χ2n) is 7.81. The van der Waals surface area contributed by atoms with Gasteiger partial charge in [0.15, 0.2) is 11.5 Å². The summed E-state index contributed by atoms with van der Waals surface area (Å²) in [6.45, 7) is 5.60. The number of hydrogen-bond donors (Lipinski definition) is 2. The van der Waals surface area contributed by atoms with Gasteiger partial charge in [0.2, 0.25) is 0 Å². The van der Waals surface area contributed by atoms with Crippen LogP contribution in [0.25, 0.3) is 0 Å². The molecule has 1 aliphatic rings. The molecule has 8 heteroatoms. The van der Waals surface area contributed by atoms with E-state index < -0.39 is 0 Å². The van der Waals surface area contributed by atoms with Gasteiger partial charge in [-0.25, -0.2) is 4.79 Å². The molecule has 29 heavy (non-hydrogen) atoms. The van der Waals surface area contributed by atoms with Gasteiger partial charge in [-0.1, -0.05) is 26.0 Å². The molecule has 0 spiro atoms. The van der Waals surface area contributed by atoms with Crippen LogP contribution < -0.4 is 15.5 Å². The molecule has 1 fully saturated rings. The molecule has 1 aromatic heterocycles. The molecule has 0 unspecified atom stereocenters. The first-order valence-electron chi connectivity index (χ1n) is 9.70. The highest BCUT2D eigenvalue weighted by Crippen LogP contribution is 2.21. The summed E-state index contributed by atoms with van der Waals surface area (Å²) in [5.41, 5.74) is 2.29. The molecule has 1 aromatic carbocycles. The second-order valence-corrected chi connectivity index (χ2v) is 7.81. The van der Waals surface area contributed by atoms with Gasteiger partial charge in [-0.3, -0.25) is 0 Å². The fourth-order valence-corrected chi connectivity index (χ4v) is 3.48. The van der Waals surface area contributed by atoms with Crippen LogP contribution in [0.1, 0.15) is 31.0 Å². The minimum atomic E-state index is -0.230. The van der Waals surface area contributed by atoms with Crippen LogP contribution in [0.3, 0.4) is 0 Å². The average molecular weight is 393 g/mol. The molecule has 3 rings (SSSR count). The zero-order chi connectivity index (χ0) is 21.0. The van der Waals surface area contributed by atoms with Crippen molar-refractivity contribution in [3.05, 3.63) is 47.7 Å². The fourth-order valence-electron chi connectivity index (χ4n) is 3.48. The van der Waals surface area contributed by atoms with E-state index in [4.69, 9.17) is 5.26 Å². The molecule has 2 N–H and O–H groups in total. The monoisotopic (exact) mass is 393 g/mol. The van der Waals surface area contributed by atoms with Crippen LogP contribution in [0, 0.1) is 11.3 Å². The zero-order valence-electron chi connectivity index (χ0n) is 17.3. The number of carbonyl (C=O) groups is 1. The summed E-state index contributed by atoms with van der Waals surface area (Å²) in [5, 5.41) is 22.9. The number of nitrogens with zero attached hydrogens (tertiary/aromatic N) is 5. The van der Waals surface area contributed by atoms with Crippen molar-refractivity contribution in [3.8, 4) is 6.07 Å². The van der Waals surface area contributed by atoms with Crippen LogP contribution in [0.15, 0.2) is 36.4 Å². The molecule has 0 bridgehead atoms. The third kappa shape index (κ3) is 5.00. The van der Waals surface area contributed by atoms with Gasteiger partial charge in [-0.2, -0.15) is 5.26 Å². The molecule has 1 aliphatic heterocycles. The highest BCUT2D eigenvalue weighted by Gasteiger charge is 2.36. The molecule has 2 atom stereocenters. The molecule has 2 heterocycles. The van der Waals surface area contributed by atoms with Gasteiger partial charge in [0, 0.05) is 24.8 Å². The van der Waals surface area contributed by atoms with Crippen molar-refractivity contribution in [1.29, 1.82) is 5.26 Å². The van der Waals surface area contributed by atoms with E-state index in [0.29, 0.717) is 24.8 Å². The van der Waals surface area contributed by atoms with Gasteiger partial charge in [0.25, 0.3) is 0 Å². The van der Waals surface area contributed by atoms with Crippen LogP contribution in [-0.4, -0.2) is 60.4 Å². The topological polar surface area (TPSA) is 97.2 Å². The van der Waals surface area contributed by atoms with Crippen molar-refractivity contribution >= 4 is 17.5 Å². The van der Waals surface area contributed by atoms with Crippen molar-refractivity contribution in [2.24, 2.45) is 0 Å². The summed E-state index contributed by atoms with van der Waals surface area (Å²) >= 11 is 0. The molecular formula is C21H27N7O. The summed E-state index contributed by atoms with van der Waals surface area (Å²) < 4.78 is 0. The van der Waals surface area contributed by atoms with Crippen molar-refractivity contribution < 1.29 is 4.79 Å². The molecule has 1 saturated heterocycles. The summed E-state index contributed by atoms with van der Waals surface area (Å²) in [7, 11) is 3.99. The van der Waals surface area contributed by atoms with Gasteiger partial charge in [0.05, 0.1) is 6.04 Å². The van der Waals surface area contributed by atoms with Crippen LogP contribution >= 0.6 is 0 Å². The largest absolute Gasteiger partial charge is 0.351 e. The molecule has 0 radical (unpaired) electrons. The Bertz CT molecular complexity index is 871. The first kappa shape index (κ1) is 20.6. The van der Waals surface area contributed by atoms with Crippen LogP contribution in [0.4, 0.5) is 16.3 Å². The number of carbonyl (C=O) groups excluding carboxylic acids is 1. The summed E-state index contributed by atoms with van der Waals surface area (Å²) in [5.74, 6) is 1.15. The van der Waals surface area contributed by atoms with E-state index in [1.807, 2.05) is 44.4 Å². The third-order valence-corrected chi connectivity index (χ3v) is 5.19. The average Bonchev–Trinajstić information content (AvgIpc) is 3.12. The lowest BCUT2D eigenvalue weighted by Gasteiger charge is -2.25. The lowest BCUT2D eigenvalue weighted by molar-refractivity contribution is 0.235. The highest BCUT2D eigenvalue weighted by atomic mass is 16.2. The first-order valence-corrected chi connectivity index (χ1v) is 9.70. The Morgan fingerprint density at radius 1 is 1.17 bits per heavy atom. The maximum atomic E-state index is 12.6. The predicted molar refractivity (Wildman–Crippen MR) is 113 cm³/mol. The maximum Gasteiger partial charge on any atom is 0.319 e. The Morgan fingerprint density at radius 3 is 2.45 bits per heavy atom. The fraction of sp³-hybridized carbons (Fsp3) is 0.429. The summed E-state index contributed by atoms with van der Waals surface area (Å²) in [6, 6.07) is 13.1. The number of aromatic nitrogens is 2.